The van der Waals surface area contributed by atoms with Crippen LogP contribution in [0.25, 0.3) is 0 Å². The van der Waals surface area contributed by atoms with Crippen LogP contribution in [0.2, 0.25) is 10.0 Å². The summed E-state index contributed by atoms with van der Waals surface area (Å²) in [5, 5.41) is 3.23. The quantitative estimate of drug-likeness (QED) is 0.765. The highest BCUT2D eigenvalue weighted by Gasteiger charge is 2.32. The van der Waals surface area contributed by atoms with Crippen LogP contribution in [0, 0.1) is 5.82 Å². The SMILES string of the molecule is O=C(Nc1ccc(Cl)c(Cl)c1)N1CCS[C@H]1c1ccccc1F. The highest BCUT2D eigenvalue weighted by Crippen LogP contribution is 2.39. The van der Waals surface area contributed by atoms with Crippen LogP contribution < -0.4 is 5.32 Å². The van der Waals surface area contributed by atoms with Crippen molar-refractivity contribution in [2.24, 2.45) is 0 Å². The van der Waals surface area contributed by atoms with Crippen molar-refractivity contribution in [3.8, 4) is 0 Å². The number of carbonyl (C=O) groups is 1. The van der Waals surface area contributed by atoms with E-state index in [4.69, 9.17) is 23.2 Å². The summed E-state index contributed by atoms with van der Waals surface area (Å²) in [6, 6.07) is 11.1. The van der Waals surface area contributed by atoms with Crippen molar-refractivity contribution in [2.75, 3.05) is 17.6 Å². The molecule has 0 aliphatic carbocycles. The number of nitrogens with zero attached hydrogens (tertiary/aromatic N) is 1. The van der Waals surface area contributed by atoms with Crippen molar-refractivity contribution in [2.45, 2.75) is 5.37 Å². The Morgan fingerprint density at radius 3 is 2.74 bits per heavy atom. The van der Waals surface area contributed by atoms with E-state index in [-0.39, 0.29) is 17.2 Å². The topological polar surface area (TPSA) is 32.3 Å². The zero-order valence-corrected chi connectivity index (χ0v) is 14.3. The molecule has 1 fully saturated rings. The number of rotatable bonds is 2. The summed E-state index contributed by atoms with van der Waals surface area (Å²) in [5.74, 6) is 0.451. The van der Waals surface area contributed by atoms with Crippen LogP contribution in [0.15, 0.2) is 42.5 Å². The van der Waals surface area contributed by atoms with Gasteiger partial charge in [0.25, 0.3) is 0 Å². The lowest BCUT2D eigenvalue weighted by molar-refractivity contribution is 0.213. The van der Waals surface area contributed by atoms with Crippen molar-refractivity contribution in [1.82, 2.24) is 4.90 Å². The minimum atomic E-state index is -0.334. The number of halogens is 3. The molecule has 0 aromatic heterocycles. The van der Waals surface area contributed by atoms with Gasteiger partial charge in [0.2, 0.25) is 0 Å². The van der Waals surface area contributed by atoms with Gasteiger partial charge in [-0.2, -0.15) is 0 Å². The van der Waals surface area contributed by atoms with Gasteiger partial charge in [0.05, 0.1) is 10.0 Å². The first-order valence-corrected chi connectivity index (χ1v) is 8.75. The summed E-state index contributed by atoms with van der Waals surface area (Å²) in [7, 11) is 0. The number of anilines is 1. The third kappa shape index (κ3) is 3.57. The van der Waals surface area contributed by atoms with E-state index in [1.165, 1.54) is 6.07 Å². The Bertz CT molecular complexity index is 744. The molecule has 1 aliphatic rings. The zero-order valence-electron chi connectivity index (χ0n) is 11.9. The lowest BCUT2D eigenvalue weighted by Crippen LogP contribution is -2.34. The molecule has 0 unspecified atom stereocenters. The molecule has 0 spiro atoms. The smallest absolute Gasteiger partial charge is 0.308 e. The van der Waals surface area contributed by atoms with Crippen LogP contribution in [0.3, 0.4) is 0 Å². The van der Waals surface area contributed by atoms with Crippen LogP contribution in [0.5, 0.6) is 0 Å². The molecule has 0 radical (unpaired) electrons. The van der Waals surface area contributed by atoms with Crippen molar-refractivity contribution in [3.63, 3.8) is 0 Å². The minimum absolute atomic E-state index is 0.290. The molecule has 23 heavy (non-hydrogen) atoms. The molecular weight excluding hydrogens is 358 g/mol. The summed E-state index contributed by atoms with van der Waals surface area (Å²) in [6.45, 7) is 0.552. The predicted molar refractivity (Wildman–Crippen MR) is 93.8 cm³/mol. The second-order valence-electron chi connectivity index (χ2n) is 5.00. The molecule has 3 rings (SSSR count). The second-order valence-corrected chi connectivity index (χ2v) is 7.00. The molecule has 120 valence electrons. The maximum Gasteiger partial charge on any atom is 0.323 e. The Balaban J connectivity index is 1.78. The Hall–Kier alpha value is -1.43. The molecular formula is C16H13Cl2FN2OS. The van der Waals surface area contributed by atoms with E-state index in [0.29, 0.717) is 27.8 Å². The summed E-state index contributed by atoms with van der Waals surface area (Å²) < 4.78 is 14.0. The van der Waals surface area contributed by atoms with Crippen LogP contribution in [0.1, 0.15) is 10.9 Å². The molecule has 7 heteroatoms. The van der Waals surface area contributed by atoms with Crippen molar-refractivity contribution in [3.05, 3.63) is 63.9 Å². The van der Waals surface area contributed by atoms with Gasteiger partial charge in [-0.05, 0) is 24.3 Å². The number of hydrogen-bond donors (Lipinski definition) is 1. The normalized spacial score (nSPS) is 17.3. The van der Waals surface area contributed by atoms with Crippen LogP contribution in [-0.2, 0) is 0 Å². The Morgan fingerprint density at radius 2 is 2.00 bits per heavy atom. The van der Waals surface area contributed by atoms with Gasteiger partial charge in [-0.3, -0.25) is 0 Å². The van der Waals surface area contributed by atoms with E-state index in [1.54, 1.807) is 53.1 Å². The van der Waals surface area contributed by atoms with E-state index in [9.17, 15) is 9.18 Å². The fourth-order valence-electron chi connectivity index (χ4n) is 2.38. The fraction of sp³-hybridized carbons (Fsp3) is 0.188. The first-order chi connectivity index (χ1) is 11.1. The molecule has 0 bridgehead atoms. The fourth-order valence-corrected chi connectivity index (χ4v) is 3.96. The zero-order chi connectivity index (χ0) is 16.4. The summed E-state index contributed by atoms with van der Waals surface area (Å²) in [4.78, 5) is 14.1. The third-order valence-electron chi connectivity index (χ3n) is 3.49. The van der Waals surface area contributed by atoms with Crippen molar-refractivity contribution in [1.29, 1.82) is 0 Å². The van der Waals surface area contributed by atoms with Crippen molar-refractivity contribution < 1.29 is 9.18 Å². The Kier molecular flexibility index (Phi) is 4.99. The first-order valence-electron chi connectivity index (χ1n) is 6.95. The molecule has 1 heterocycles. The van der Waals surface area contributed by atoms with Crippen LogP contribution in [0.4, 0.5) is 14.9 Å². The number of carbonyl (C=O) groups excluding carboxylic acids is 1. The van der Waals surface area contributed by atoms with Gasteiger partial charge in [-0.15, -0.1) is 11.8 Å². The predicted octanol–water partition coefficient (Wildman–Crippen LogP) is 5.41. The van der Waals surface area contributed by atoms with Gasteiger partial charge in [-0.25, -0.2) is 9.18 Å². The van der Waals surface area contributed by atoms with Gasteiger partial charge in [-0.1, -0.05) is 41.4 Å². The number of urea groups is 1. The summed E-state index contributed by atoms with van der Waals surface area (Å²) in [5.41, 5.74) is 1.06. The minimum Gasteiger partial charge on any atom is -0.308 e. The lowest BCUT2D eigenvalue weighted by atomic mass is 10.2. The number of nitrogens with one attached hydrogen (secondary N) is 1. The molecule has 2 amide bonds. The third-order valence-corrected chi connectivity index (χ3v) is 5.48. The highest BCUT2D eigenvalue weighted by molar-refractivity contribution is 7.99. The summed E-state index contributed by atoms with van der Waals surface area (Å²) in [6.07, 6.45) is 0. The Morgan fingerprint density at radius 1 is 1.22 bits per heavy atom. The van der Waals surface area contributed by atoms with Gasteiger partial charge >= 0.3 is 6.03 Å². The first kappa shape index (κ1) is 16.4. The summed E-state index contributed by atoms with van der Waals surface area (Å²) >= 11 is 13.4. The molecule has 2 aromatic rings. The van der Waals surface area contributed by atoms with Crippen LogP contribution in [-0.4, -0.2) is 23.2 Å². The Labute approximate surface area is 147 Å². The molecule has 0 saturated carbocycles. The molecule has 1 aliphatic heterocycles. The largest absolute Gasteiger partial charge is 0.323 e. The van der Waals surface area contributed by atoms with Gasteiger partial charge in [0, 0.05) is 23.5 Å². The van der Waals surface area contributed by atoms with E-state index >= 15 is 0 Å². The molecule has 1 atom stereocenters. The second kappa shape index (κ2) is 6.99. The average Bonchev–Trinajstić information content (AvgIpc) is 3.01. The van der Waals surface area contributed by atoms with Gasteiger partial charge < -0.3 is 10.2 Å². The number of benzene rings is 2. The monoisotopic (exact) mass is 370 g/mol. The van der Waals surface area contributed by atoms with Gasteiger partial charge in [0.15, 0.2) is 0 Å². The molecule has 2 aromatic carbocycles. The van der Waals surface area contributed by atoms with E-state index in [1.807, 2.05) is 0 Å². The van der Waals surface area contributed by atoms with E-state index in [0.717, 1.165) is 5.75 Å². The lowest BCUT2D eigenvalue weighted by Gasteiger charge is -2.24. The number of thioether (sulfide) groups is 1. The average molecular weight is 371 g/mol. The molecule has 1 N–H and O–H groups in total. The number of amides is 2. The van der Waals surface area contributed by atoms with E-state index in [2.05, 4.69) is 5.32 Å². The van der Waals surface area contributed by atoms with E-state index < -0.39 is 0 Å². The highest BCUT2D eigenvalue weighted by atomic mass is 35.5. The standard InChI is InChI=1S/C16H13Cl2FN2OS/c17-12-6-5-10(9-13(12)18)20-16(22)21-7-8-23-15(21)11-3-1-2-4-14(11)19/h1-6,9,15H,7-8H2,(H,20,22)/t15-/m0/s1. The van der Waals surface area contributed by atoms with Crippen molar-refractivity contribution >= 4 is 46.7 Å². The maximum absolute atomic E-state index is 14.0. The number of hydrogen-bond acceptors (Lipinski definition) is 2. The van der Waals surface area contributed by atoms with Crippen LogP contribution >= 0.6 is 35.0 Å². The molecule has 1 saturated heterocycles. The van der Waals surface area contributed by atoms with Gasteiger partial charge in [0.1, 0.15) is 11.2 Å². The molecule has 3 nitrogen and oxygen atoms in total. The maximum atomic E-state index is 14.0.